The van der Waals surface area contributed by atoms with Crippen molar-refractivity contribution in [1.82, 2.24) is 10.2 Å². The maximum Gasteiger partial charge on any atom is 0.301 e. The van der Waals surface area contributed by atoms with E-state index < -0.39 is 17.7 Å². The Morgan fingerprint density at radius 2 is 1.71 bits per heavy atom. The van der Waals surface area contributed by atoms with E-state index in [1.54, 1.807) is 31.2 Å². The molecule has 1 aliphatic heterocycles. The molecule has 1 fully saturated rings. The molecule has 2 aromatic carbocycles. The van der Waals surface area contributed by atoms with E-state index in [1.807, 2.05) is 24.3 Å². The molecule has 3 aromatic rings. The van der Waals surface area contributed by atoms with Gasteiger partial charge in [-0.15, -0.1) is 10.2 Å². The van der Waals surface area contributed by atoms with Crippen LogP contribution in [0.3, 0.4) is 0 Å². The van der Waals surface area contributed by atoms with Crippen molar-refractivity contribution in [3.05, 3.63) is 80.8 Å². The zero-order valence-electron chi connectivity index (χ0n) is 17.2. The van der Waals surface area contributed by atoms with Gasteiger partial charge in [-0.25, -0.2) is 0 Å². The minimum atomic E-state index is -0.816. The summed E-state index contributed by atoms with van der Waals surface area (Å²) in [5.41, 5.74) is 2.24. The lowest BCUT2D eigenvalue weighted by atomic mass is 9.93. The third kappa shape index (κ3) is 3.86. The second kappa shape index (κ2) is 8.24. The maximum atomic E-state index is 13.1. The molecule has 1 aromatic heterocycles. The van der Waals surface area contributed by atoms with Crippen LogP contribution in [0.4, 0.5) is 5.13 Å². The molecule has 1 unspecified atom stereocenters. The Bertz CT molecular complexity index is 1180. The fourth-order valence-corrected chi connectivity index (χ4v) is 4.40. The summed E-state index contributed by atoms with van der Waals surface area (Å²) in [4.78, 5) is 27.4. The summed E-state index contributed by atoms with van der Waals surface area (Å²) in [6, 6.07) is 13.3. The van der Waals surface area contributed by atoms with Gasteiger partial charge in [-0.2, -0.15) is 0 Å². The van der Waals surface area contributed by atoms with Crippen molar-refractivity contribution in [3.63, 3.8) is 0 Å². The van der Waals surface area contributed by atoms with Gasteiger partial charge in [-0.1, -0.05) is 61.1 Å². The molecule has 1 saturated heterocycles. The number of aliphatic hydroxyl groups excluding tert-OH is 1. The summed E-state index contributed by atoms with van der Waals surface area (Å²) in [6.45, 7) is 5.95. The Hall–Kier alpha value is -3.03. The lowest BCUT2D eigenvalue weighted by molar-refractivity contribution is -0.132. The Morgan fingerprint density at radius 1 is 1.06 bits per heavy atom. The van der Waals surface area contributed by atoms with Crippen LogP contribution in [-0.2, 0) is 9.59 Å². The van der Waals surface area contributed by atoms with Gasteiger partial charge in [-0.05, 0) is 48.2 Å². The molecule has 0 aliphatic carbocycles. The first kappa shape index (κ1) is 21.2. The normalized spacial score (nSPS) is 18.2. The highest BCUT2D eigenvalue weighted by atomic mass is 35.5. The number of rotatable bonds is 4. The number of aromatic nitrogens is 2. The van der Waals surface area contributed by atoms with E-state index in [0.717, 1.165) is 5.56 Å². The molecule has 4 rings (SSSR count). The van der Waals surface area contributed by atoms with Crippen LogP contribution in [0.2, 0.25) is 5.02 Å². The van der Waals surface area contributed by atoms with Crippen LogP contribution in [0, 0.1) is 6.92 Å². The van der Waals surface area contributed by atoms with Crippen molar-refractivity contribution in [2.45, 2.75) is 32.7 Å². The first-order chi connectivity index (χ1) is 14.8. The van der Waals surface area contributed by atoms with Crippen LogP contribution in [0.1, 0.15) is 47.5 Å². The van der Waals surface area contributed by atoms with Crippen molar-refractivity contribution in [2.24, 2.45) is 0 Å². The predicted octanol–water partition coefficient (Wildman–Crippen LogP) is 5.25. The molecule has 1 atom stereocenters. The second-order valence-corrected chi connectivity index (χ2v) is 9.20. The van der Waals surface area contributed by atoms with Gasteiger partial charge in [-0.3, -0.25) is 14.5 Å². The summed E-state index contributed by atoms with van der Waals surface area (Å²) in [6.07, 6.45) is 0. The standard InChI is InChI=1S/C23H20ClN3O3S/c1-12(2)14-4-6-15(7-5-14)19-18(20(28)16-8-10-17(24)11-9-16)21(29)22(30)27(19)23-26-25-13(3)31-23/h4-12,19,28H,1-3H3/b20-18-. The molecular formula is C23H20ClN3O3S. The minimum Gasteiger partial charge on any atom is -0.507 e. The molecule has 158 valence electrons. The number of hydrogen-bond donors (Lipinski definition) is 1. The number of aryl methyl sites for hydroxylation is 1. The number of aliphatic hydroxyl groups is 1. The average Bonchev–Trinajstić information content (AvgIpc) is 3.29. The molecular weight excluding hydrogens is 434 g/mol. The third-order valence-electron chi connectivity index (χ3n) is 5.20. The van der Waals surface area contributed by atoms with E-state index in [0.29, 0.717) is 32.2 Å². The average molecular weight is 454 g/mol. The molecule has 1 aliphatic rings. The van der Waals surface area contributed by atoms with E-state index >= 15 is 0 Å². The quantitative estimate of drug-likeness (QED) is 0.331. The molecule has 0 spiro atoms. The first-order valence-corrected chi connectivity index (χ1v) is 10.9. The highest BCUT2D eigenvalue weighted by Gasteiger charge is 2.48. The molecule has 8 heteroatoms. The maximum absolute atomic E-state index is 13.1. The molecule has 6 nitrogen and oxygen atoms in total. The van der Waals surface area contributed by atoms with E-state index in [4.69, 9.17) is 11.6 Å². The van der Waals surface area contributed by atoms with Crippen molar-refractivity contribution in [3.8, 4) is 0 Å². The number of benzene rings is 2. The number of amides is 1. The highest BCUT2D eigenvalue weighted by Crippen LogP contribution is 2.43. The number of nitrogens with zero attached hydrogens (tertiary/aromatic N) is 3. The fourth-order valence-electron chi connectivity index (χ4n) is 3.56. The zero-order valence-corrected chi connectivity index (χ0v) is 18.7. The number of carbonyl (C=O) groups excluding carboxylic acids is 2. The Morgan fingerprint density at radius 3 is 2.26 bits per heavy atom. The summed E-state index contributed by atoms with van der Waals surface area (Å²) in [5.74, 6) is -1.43. The monoisotopic (exact) mass is 453 g/mol. The smallest absolute Gasteiger partial charge is 0.301 e. The van der Waals surface area contributed by atoms with Crippen molar-refractivity contribution < 1.29 is 14.7 Å². The largest absolute Gasteiger partial charge is 0.507 e. The van der Waals surface area contributed by atoms with E-state index in [9.17, 15) is 14.7 Å². The molecule has 0 saturated carbocycles. The Balaban J connectivity index is 1.91. The van der Waals surface area contributed by atoms with Crippen LogP contribution in [0.25, 0.3) is 5.76 Å². The van der Waals surface area contributed by atoms with Gasteiger partial charge in [0.05, 0.1) is 11.6 Å². The van der Waals surface area contributed by atoms with Crippen molar-refractivity contribution >= 4 is 45.5 Å². The zero-order chi connectivity index (χ0) is 22.3. The Kier molecular flexibility index (Phi) is 5.64. The van der Waals surface area contributed by atoms with Gasteiger partial charge < -0.3 is 5.11 Å². The van der Waals surface area contributed by atoms with Crippen molar-refractivity contribution in [1.29, 1.82) is 0 Å². The number of ketones is 1. The molecule has 31 heavy (non-hydrogen) atoms. The highest BCUT2D eigenvalue weighted by molar-refractivity contribution is 7.15. The number of halogens is 1. The van der Waals surface area contributed by atoms with Gasteiger partial charge in [0.15, 0.2) is 0 Å². The summed E-state index contributed by atoms with van der Waals surface area (Å²) in [7, 11) is 0. The summed E-state index contributed by atoms with van der Waals surface area (Å²) >= 11 is 7.18. The van der Waals surface area contributed by atoms with E-state index in [2.05, 4.69) is 24.0 Å². The fraction of sp³-hybridized carbons (Fsp3) is 0.217. The lowest BCUT2D eigenvalue weighted by Gasteiger charge is -2.23. The molecule has 1 amide bonds. The SMILES string of the molecule is Cc1nnc(N2C(=O)C(=O)/C(=C(\O)c3ccc(Cl)cc3)C2c2ccc(C(C)C)cc2)s1. The minimum absolute atomic E-state index is 0.0115. The van der Waals surface area contributed by atoms with Crippen LogP contribution in [0.5, 0.6) is 0 Å². The summed E-state index contributed by atoms with van der Waals surface area (Å²) < 4.78 is 0. The van der Waals surface area contributed by atoms with E-state index in [-0.39, 0.29) is 11.3 Å². The topological polar surface area (TPSA) is 83.4 Å². The van der Waals surface area contributed by atoms with Gasteiger partial charge in [0.1, 0.15) is 10.8 Å². The summed E-state index contributed by atoms with van der Waals surface area (Å²) in [5, 5.41) is 20.6. The number of hydrogen-bond acceptors (Lipinski definition) is 6. The molecule has 2 heterocycles. The van der Waals surface area contributed by atoms with Crippen LogP contribution in [-0.4, -0.2) is 27.0 Å². The molecule has 0 bridgehead atoms. The van der Waals surface area contributed by atoms with Crippen LogP contribution >= 0.6 is 22.9 Å². The van der Waals surface area contributed by atoms with Gasteiger partial charge >= 0.3 is 5.91 Å². The van der Waals surface area contributed by atoms with Crippen molar-refractivity contribution in [2.75, 3.05) is 4.90 Å². The van der Waals surface area contributed by atoms with E-state index in [1.165, 1.54) is 16.2 Å². The molecule has 1 N–H and O–H groups in total. The number of carbonyl (C=O) groups is 2. The van der Waals surface area contributed by atoms with Gasteiger partial charge in [0, 0.05) is 10.6 Å². The molecule has 0 radical (unpaired) electrons. The predicted molar refractivity (Wildman–Crippen MR) is 121 cm³/mol. The lowest BCUT2D eigenvalue weighted by Crippen LogP contribution is -2.29. The van der Waals surface area contributed by atoms with Crippen LogP contribution < -0.4 is 4.90 Å². The van der Waals surface area contributed by atoms with Gasteiger partial charge in [0.25, 0.3) is 5.78 Å². The number of anilines is 1. The van der Waals surface area contributed by atoms with Crippen LogP contribution in [0.15, 0.2) is 54.1 Å². The first-order valence-electron chi connectivity index (χ1n) is 9.75. The third-order valence-corrected chi connectivity index (χ3v) is 6.29. The van der Waals surface area contributed by atoms with Gasteiger partial charge in [0.2, 0.25) is 5.13 Å². The number of Topliss-reactive ketones (excluding diaryl/α,β-unsaturated/α-hetero) is 1. The Labute approximate surface area is 188 Å². The second-order valence-electron chi connectivity index (χ2n) is 7.60.